The lowest BCUT2D eigenvalue weighted by molar-refractivity contribution is -0.385. The monoisotopic (exact) mass is 281 g/mol. The Hall–Kier alpha value is -2.27. The summed E-state index contributed by atoms with van der Waals surface area (Å²) in [4.78, 5) is 24.6. The van der Waals surface area contributed by atoms with Gasteiger partial charge in [0.15, 0.2) is 0 Å². The molecule has 0 aliphatic rings. The van der Waals surface area contributed by atoms with E-state index in [1.54, 1.807) is 11.8 Å². The Kier molecular flexibility index (Phi) is 5.63. The summed E-state index contributed by atoms with van der Waals surface area (Å²) in [6.07, 6.45) is 6.02. The van der Waals surface area contributed by atoms with Crippen LogP contribution in [0.4, 0.5) is 11.5 Å². The van der Waals surface area contributed by atoms with E-state index >= 15 is 0 Å². The van der Waals surface area contributed by atoms with Gasteiger partial charge in [-0.1, -0.05) is 5.92 Å². The molecule has 7 nitrogen and oxygen atoms in total. The van der Waals surface area contributed by atoms with Crippen LogP contribution in [0.25, 0.3) is 0 Å². The molecule has 1 rings (SSSR count). The molecule has 1 heterocycles. The number of nitrogens with zero attached hydrogens (tertiary/aromatic N) is 2. The van der Waals surface area contributed by atoms with Crippen molar-refractivity contribution in [1.29, 1.82) is 0 Å². The molecule has 19 heavy (non-hydrogen) atoms. The van der Waals surface area contributed by atoms with Gasteiger partial charge in [0.25, 0.3) is 0 Å². The summed E-state index contributed by atoms with van der Waals surface area (Å²) in [5.41, 5.74) is -0.918. The first kappa shape index (κ1) is 14.8. The van der Waals surface area contributed by atoms with E-state index in [0.29, 0.717) is 12.3 Å². The predicted molar refractivity (Wildman–Crippen MR) is 72.5 cm³/mol. The van der Waals surface area contributed by atoms with E-state index in [1.165, 1.54) is 0 Å². The number of carboxylic acid groups (broad SMARTS) is 1. The number of anilines is 1. The lowest BCUT2D eigenvalue weighted by Crippen LogP contribution is -2.09. The molecule has 0 unspecified atom stereocenters. The van der Waals surface area contributed by atoms with Crippen LogP contribution in [0.5, 0.6) is 0 Å². The summed E-state index contributed by atoms with van der Waals surface area (Å²) in [5.74, 6) is 2.72. The van der Waals surface area contributed by atoms with Crippen molar-refractivity contribution >= 4 is 29.2 Å². The van der Waals surface area contributed by atoms with Gasteiger partial charge in [0.2, 0.25) is 0 Å². The van der Waals surface area contributed by atoms with Crippen molar-refractivity contribution in [3.05, 3.63) is 27.9 Å². The molecule has 8 heteroatoms. The second-order valence-electron chi connectivity index (χ2n) is 3.33. The fourth-order valence-electron chi connectivity index (χ4n) is 1.24. The molecule has 1 aromatic heterocycles. The molecular weight excluding hydrogens is 270 g/mol. The highest BCUT2D eigenvalue weighted by Gasteiger charge is 2.20. The Morgan fingerprint density at radius 1 is 1.68 bits per heavy atom. The van der Waals surface area contributed by atoms with Crippen molar-refractivity contribution in [2.75, 3.05) is 23.4 Å². The SMILES string of the molecule is C#CCSCCNc1cc(C(=O)O)c([N+](=O)[O-])cn1. The molecule has 0 fully saturated rings. The van der Waals surface area contributed by atoms with Gasteiger partial charge in [-0.15, -0.1) is 18.2 Å². The fourth-order valence-corrected chi connectivity index (χ4v) is 1.75. The number of aromatic carboxylic acids is 1. The number of carbonyl (C=O) groups is 1. The summed E-state index contributed by atoms with van der Waals surface area (Å²) in [6.45, 7) is 0.538. The topological polar surface area (TPSA) is 105 Å². The Morgan fingerprint density at radius 3 is 3.00 bits per heavy atom. The number of hydrogen-bond donors (Lipinski definition) is 2. The third-order valence-corrected chi connectivity index (χ3v) is 2.91. The number of terminal acetylenes is 1. The number of nitro groups is 1. The van der Waals surface area contributed by atoms with Crippen LogP contribution in [0.1, 0.15) is 10.4 Å². The van der Waals surface area contributed by atoms with Gasteiger partial charge in [-0.3, -0.25) is 10.1 Å². The van der Waals surface area contributed by atoms with Crippen LogP contribution in [0.3, 0.4) is 0 Å². The van der Waals surface area contributed by atoms with Gasteiger partial charge >= 0.3 is 11.7 Å². The number of carboxylic acids is 1. The standard InChI is InChI=1S/C11H11N3O4S/c1-2-4-19-5-3-12-10-6-8(11(15)16)9(7-13-10)14(17)18/h1,6-7H,3-5H2,(H,12,13)(H,15,16). The third-order valence-electron chi connectivity index (χ3n) is 2.05. The summed E-state index contributed by atoms with van der Waals surface area (Å²) in [6, 6.07) is 1.15. The van der Waals surface area contributed by atoms with Crippen LogP contribution in [0.2, 0.25) is 0 Å². The minimum Gasteiger partial charge on any atom is -0.477 e. The molecule has 1 aromatic rings. The molecule has 0 saturated carbocycles. The Morgan fingerprint density at radius 2 is 2.42 bits per heavy atom. The maximum Gasteiger partial charge on any atom is 0.342 e. The van der Waals surface area contributed by atoms with Crippen LogP contribution in [-0.2, 0) is 0 Å². The van der Waals surface area contributed by atoms with Crippen LogP contribution >= 0.6 is 11.8 Å². The van der Waals surface area contributed by atoms with Crippen molar-refractivity contribution in [2.45, 2.75) is 0 Å². The summed E-state index contributed by atoms with van der Waals surface area (Å²) >= 11 is 1.54. The number of aromatic nitrogens is 1. The summed E-state index contributed by atoms with van der Waals surface area (Å²) in [5, 5.41) is 22.4. The average molecular weight is 281 g/mol. The van der Waals surface area contributed by atoms with Crippen LogP contribution < -0.4 is 5.32 Å². The minimum absolute atomic E-state index is 0.282. The maximum atomic E-state index is 10.9. The molecular formula is C11H11N3O4S. The largest absolute Gasteiger partial charge is 0.477 e. The lowest BCUT2D eigenvalue weighted by atomic mass is 10.2. The average Bonchev–Trinajstić information content (AvgIpc) is 2.38. The van der Waals surface area contributed by atoms with E-state index in [1.807, 2.05) is 0 Å². The molecule has 100 valence electrons. The molecule has 0 radical (unpaired) electrons. The Labute approximate surface area is 113 Å². The van der Waals surface area contributed by atoms with Crippen molar-refractivity contribution in [3.63, 3.8) is 0 Å². The van der Waals surface area contributed by atoms with Crippen LogP contribution in [0, 0.1) is 22.5 Å². The van der Waals surface area contributed by atoms with Gasteiger partial charge in [-0.05, 0) is 0 Å². The molecule has 0 spiro atoms. The minimum atomic E-state index is -1.36. The highest BCUT2D eigenvalue weighted by molar-refractivity contribution is 7.99. The van der Waals surface area contributed by atoms with Crippen LogP contribution in [0.15, 0.2) is 12.3 Å². The first-order chi connectivity index (χ1) is 9.06. The Balaban J connectivity index is 2.71. The predicted octanol–water partition coefficient (Wildman–Crippen LogP) is 1.47. The van der Waals surface area contributed by atoms with E-state index in [9.17, 15) is 14.9 Å². The number of hydrogen-bond acceptors (Lipinski definition) is 6. The maximum absolute atomic E-state index is 10.9. The smallest absolute Gasteiger partial charge is 0.342 e. The van der Waals surface area contributed by atoms with Gasteiger partial charge in [0, 0.05) is 18.4 Å². The van der Waals surface area contributed by atoms with Crippen molar-refractivity contribution in [2.24, 2.45) is 0 Å². The van der Waals surface area contributed by atoms with Crippen LogP contribution in [-0.4, -0.2) is 39.0 Å². The number of rotatable bonds is 7. The highest BCUT2D eigenvalue weighted by Crippen LogP contribution is 2.20. The van der Waals surface area contributed by atoms with E-state index in [2.05, 4.69) is 16.2 Å². The third kappa shape index (κ3) is 4.48. The van der Waals surface area contributed by atoms with Crippen molar-refractivity contribution in [3.8, 4) is 12.3 Å². The molecule has 0 aromatic carbocycles. The number of nitrogens with one attached hydrogen (secondary N) is 1. The number of thioether (sulfide) groups is 1. The lowest BCUT2D eigenvalue weighted by Gasteiger charge is -2.05. The molecule has 0 amide bonds. The Bertz CT molecular complexity index is 527. The zero-order chi connectivity index (χ0) is 14.3. The van der Waals surface area contributed by atoms with E-state index in [0.717, 1.165) is 18.0 Å². The highest BCUT2D eigenvalue weighted by atomic mass is 32.2. The second kappa shape index (κ2) is 7.23. The van der Waals surface area contributed by atoms with Gasteiger partial charge in [-0.2, -0.15) is 0 Å². The zero-order valence-corrected chi connectivity index (χ0v) is 10.6. The molecule has 2 N–H and O–H groups in total. The fraction of sp³-hybridized carbons (Fsp3) is 0.273. The van der Waals surface area contributed by atoms with Crippen molar-refractivity contribution < 1.29 is 14.8 Å². The molecule has 0 aliphatic carbocycles. The summed E-state index contributed by atoms with van der Waals surface area (Å²) in [7, 11) is 0. The molecule has 0 saturated heterocycles. The van der Waals surface area contributed by atoms with E-state index < -0.39 is 22.1 Å². The van der Waals surface area contributed by atoms with E-state index in [4.69, 9.17) is 11.5 Å². The van der Waals surface area contributed by atoms with Gasteiger partial charge < -0.3 is 10.4 Å². The molecule has 0 bridgehead atoms. The van der Waals surface area contributed by atoms with Gasteiger partial charge in [-0.25, -0.2) is 9.78 Å². The summed E-state index contributed by atoms with van der Waals surface area (Å²) < 4.78 is 0. The quantitative estimate of drug-likeness (QED) is 0.337. The molecule has 0 atom stereocenters. The first-order valence-electron chi connectivity index (χ1n) is 5.19. The zero-order valence-electron chi connectivity index (χ0n) is 9.83. The first-order valence-corrected chi connectivity index (χ1v) is 6.34. The molecule has 0 aliphatic heterocycles. The normalized spacial score (nSPS) is 9.63. The van der Waals surface area contributed by atoms with Gasteiger partial charge in [0.1, 0.15) is 17.6 Å². The van der Waals surface area contributed by atoms with E-state index in [-0.39, 0.29) is 5.82 Å². The van der Waals surface area contributed by atoms with Crippen molar-refractivity contribution in [1.82, 2.24) is 4.98 Å². The second-order valence-corrected chi connectivity index (χ2v) is 4.44. The van der Waals surface area contributed by atoms with Gasteiger partial charge in [0.05, 0.1) is 10.7 Å². The number of pyridine rings is 1.